The maximum absolute atomic E-state index is 12.7. The first kappa shape index (κ1) is 15.5. The Hall–Kier alpha value is -2.84. The molecule has 0 aliphatic heterocycles. The van der Waals surface area contributed by atoms with E-state index in [1.54, 1.807) is 0 Å². The Morgan fingerprint density at radius 2 is 2.00 bits per heavy atom. The highest BCUT2D eigenvalue weighted by molar-refractivity contribution is 5.70. The minimum Gasteiger partial charge on any atom is -0.481 e. The number of halogens is 3. The van der Waals surface area contributed by atoms with Crippen LogP contribution in [0.5, 0.6) is 5.88 Å². The standard InChI is InChI=1S/C13H10F3N3O3/c1-22-12-5-3-9(7-17-12)18-10-6-8(13(14,15)16)2-4-11(10)19(20)21/h2-7,18H,1H3. The van der Waals surface area contributed by atoms with Gasteiger partial charge in [-0.05, 0) is 18.2 Å². The van der Waals surface area contributed by atoms with Crippen LogP contribution in [0.25, 0.3) is 0 Å². The first-order valence-corrected chi connectivity index (χ1v) is 5.94. The molecule has 0 spiro atoms. The van der Waals surface area contributed by atoms with E-state index in [0.717, 1.165) is 6.07 Å². The smallest absolute Gasteiger partial charge is 0.416 e. The summed E-state index contributed by atoms with van der Waals surface area (Å²) in [5, 5.41) is 13.5. The Kier molecular flexibility index (Phi) is 4.15. The molecule has 0 saturated carbocycles. The number of aromatic nitrogens is 1. The Morgan fingerprint density at radius 1 is 1.27 bits per heavy atom. The fourth-order valence-electron chi connectivity index (χ4n) is 1.70. The summed E-state index contributed by atoms with van der Waals surface area (Å²) >= 11 is 0. The van der Waals surface area contributed by atoms with Gasteiger partial charge in [0.1, 0.15) is 5.69 Å². The molecule has 0 atom stereocenters. The molecule has 0 unspecified atom stereocenters. The number of methoxy groups -OCH3 is 1. The molecule has 1 heterocycles. The molecular formula is C13H10F3N3O3. The van der Waals surface area contributed by atoms with Crippen LogP contribution in [0.3, 0.4) is 0 Å². The van der Waals surface area contributed by atoms with Crippen molar-refractivity contribution in [3.05, 3.63) is 52.2 Å². The molecule has 6 nitrogen and oxygen atoms in total. The largest absolute Gasteiger partial charge is 0.481 e. The van der Waals surface area contributed by atoms with E-state index in [1.807, 2.05) is 0 Å². The van der Waals surface area contributed by atoms with Crippen LogP contribution in [0.4, 0.5) is 30.2 Å². The number of hydrogen-bond acceptors (Lipinski definition) is 5. The van der Waals surface area contributed by atoms with Crippen molar-refractivity contribution in [3.8, 4) is 5.88 Å². The topological polar surface area (TPSA) is 77.3 Å². The van der Waals surface area contributed by atoms with Crippen LogP contribution in [0.15, 0.2) is 36.5 Å². The molecule has 0 amide bonds. The third-order valence-corrected chi connectivity index (χ3v) is 2.75. The number of nitro benzene ring substituents is 1. The van der Waals surface area contributed by atoms with Crippen molar-refractivity contribution in [1.82, 2.24) is 4.98 Å². The second-order valence-corrected chi connectivity index (χ2v) is 4.20. The SMILES string of the molecule is COc1ccc(Nc2cc(C(F)(F)F)ccc2[N+](=O)[O-])cn1. The molecule has 1 aromatic carbocycles. The minimum absolute atomic E-state index is 0.271. The van der Waals surface area contributed by atoms with Gasteiger partial charge in [-0.3, -0.25) is 10.1 Å². The molecular weight excluding hydrogens is 303 g/mol. The average molecular weight is 313 g/mol. The predicted molar refractivity (Wildman–Crippen MR) is 72.2 cm³/mol. The third-order valence-electron chi connectivity index (χ3n) is 2.75. The maximum atomic E-state index is 12.7. The van der Waals surface area contributed by atoms with Gasteiger partial charge in [0.2, 0.25) is 5.88 Å². The zero-order valence-corrected chi connectivity index (χ0v) is 11.2. The maximum Gasteiger partial charge on any atom is 0.416 e. The number of rotatable bonds is 4. The van der Waals surface area contributed by atoms with Crippen molar-refractivity contribution in [2.75, 3.05) is 12.4 Å². The molecule has 0 aliphatic rings. The van der Waals surface area contributed by atoms with E-state index in [-0.39, 0.29) is 5.69 Å². The molecule has 0 fully saturated rings. The van der Waals surface area contributed by atoms with E-state index in [4.69, 9.17) is 4.74 Å². The summed E-state index contributed by atoms with van der Waals surface area (Å²) in [4.78, 5) is 14.0. The Morgan fingerprint density at radius 3 is 2.50 bits per heavy atom. The Bertz CT molecular complexity index is 687. The number of alkyl halides is 3. The van der Waals surface area contributed by atoms with Gasteiger partial charge < -0.3 is 10.1 Å². The molecule has 9 heteroatoms. The van der Waals surface area contributed by atoms with Crippen molar-refractivity contribution in [1.29, 1.82) is 0 Å². The summed E-state index contributed by atoms with van der Waals surface area (Å²) in [5.41, 5.74) is -1.43. The van der Waals surface area contributed by atoms with E-state index in [0.29, 0.717) is 23.7 Å². The molecule has 1 N–H and O–H groups in total. The van der Waals surface area contributed by atoms with Crippen LogP contribution in [0.1, 0.15) is 5.56 Å². The minimum atomic E-state index is -4.59. The van der Waals surface area contributed by atoms with Gasteiger partial charge in [-0.25, -0.2) is 4.98 Å². The lowest BCUT2D eigenvalue weighted by Gasteiger charge is -2.11. The molecule has 0 bridgehead atoms. The summed E-state index contributed by atoms with van der Waals surface area (Å²) < 4.78 is 43.0. The number of nitrogens with zero attached hydrogens (tertiary/aromatic N) is 2. The highest BCUT2D eigenvalue weighted by atomic mass is 19.4. The van der Waals surface area contributed by atoms with E-state index in [9.17, 15) is 23.3 Å². The first-order chi connectivity index (χ1) is 10.3. The normalized spacial score (nSPS) is 11.1. The van der Waals surface area contributed by atoms with E-state index in [2.05, 4.69) is 10.3 Å². The highest BCUT2D eigenvalue weighted by Crippen LogP contribution is 2.36. The summed E-state index contributed by atoms with van der Waals surface area (Å²) in [5.74, 6) is 0.309. The molecule has 116 valence electrons. The lowest BCUT2D eigenvalue weighted by molar-refractivity contribution is -0.384. The van der Waals surface area contributed by atoms with Gasteiger partial charge in [0.05, 0.1) is 29.5 Å². The van der Waals surface area contributed by atoms with Crippen LogP contribution in [0, 0.1) is 10.1 Å². The zero-order valence-electron chi connectivity index (χ0n) is 11.2. The first-order valence-electron chi connectivity index (χ1n) is 5.94. The third kappa shape index (κ3) is 3.43. The molecule has 0 aliphatic carbocycles. The number of nitrogens with one attached hydrogen (secondary N) is 1. The molecule has 1 aromatic heterocycles. The van der Waals surface area contributed by atoms with Crippen molar-refractivity contribution >= 4 is 17.1 Å². The van der Waals surface area contributed by atoms with Gasteiger partial charge in [0.15, 0.2) is 0 Å². The summed E-state index contributed by atoms with van der Waals surface area (Å²) in [6, 6.07) is 5.11. The number of nitro groups is 1. The van der Waals surface area contributed by atoms with Crippen LogP contribution in [0.2, 0.25) is 0 Å². The van der Waals surface area contributed by atoms with E-state index >= 15 is 0 Å². The van der Waals surface area contributed by atoms with Crippen LogP contribution in [-0.2, 0) is 6.18 Å². The number of benzene rings is 1. The number of hydrogen-bond donors (Lipinski definition) is 1. The van der Waals surface area contributed by atoms with E-state index < -0.39 is 22.4 Å². The Balaban J connectivity index is 2.39. The van der Waals surface area contributed by atoms with Gasteiger partial charge >= 0.3 is 6.18 Å². The highest BCUT2D eigenvalue weighted by Gasteiger charge is 2.32. The average Bonchev–Trinajstić information content (AvgIpc) is 2.47. The lowest BCUT2D eigenvalue weighted by atomic mass is 10.1. The van der Waals surface area contributed by atoms with Crippen molar-refractivity contribution in [2.24, 2.45) is 0 Å². The molecule has 22 heavy (non-hydrogen) atoms. The zero-order chi connectivity index (χ0) is 16.3. The summed E-state index contributed by atoms with van der Waals surface area (Å²) in [7, 11) is 1.41. The quantitative estimate of drug-likeness (QED) is 0.687. The number of anilines is 2. The fourth-order valence-corrected chi connectivity index (χ4v) is 1.70. The van der Waals surface area contributed by atoms with E-state index in [1.165, 1.54) is 25.4 Å². The molecule has 2 aromatic rings. The van der Waals surface area contributed by atoms with Gasteiger partial charge in [-0.15, -0.1) is 0 Å². The van der Waals surface area contributed by atoms with Crippen LogP contribution < -0.4 is 10.1 Å². The number of pyridine rings is 1. The predicted octanol–water partition coefficient (Wildman–Crippen LogP) is 3.76. The lowest BCUT2D eigenvalue weighted by Crippen LogP contribution is -2.07. The number of ether oxygens (including phenoxy) is 1. The van der Waals surface area contributed by atoms with Crippen LogP contribution in [-0.4, -0.2) is 17.0 Å². The van der Waals surface area contributed by atoms with Crippen LogP contribution >= 0.6 is 0 Å². The Labute approximate surface area is 122 Å². The van der Waals surface area contributed by atoms with Gasteiger partial charge in [-0.1, -0.05) is 0 Å². The summed E-state index contributed by atoms with van der Waals surface area (Å²) in [6.45, 7) is 0. The summed E-state index contributed by atoms with van der Waals surface area (Å²) in [6.07, 6.45) is -3.30. The van der Waals surface area contributed by atoms with Crippen molar-refractivity contribution in [3.63, 3.8) is 0 Å². The van der Waals surface area contributed by atoms with Gasteiger partial charge in [0, 0.05) is 12.1 Å². The van der Waals surface area contributed by atoms with Crippen molar-refractivity contribution < 1.29 is 22.8 Å². The second-order valence-electron chi connectivity index (χ2n) is 4.20. The second kappa shape index (κ2) is 5.88. The molecule has 0 radical (unpaired) electrons. The van der Waals surface area contributed by atoms with Gasteiger partial charge in [-0.2, -0.15) is 13.2 Å². The fraction of sp³-hybridized carbons (Fsp3) is 0.154. The monoisotopic (exact) mass is 313 g/mol. The molecule has 0 saturated heterocycles. The van der Waals surface area contributed by atoms with Gasteiger partial charge in [0.25, 0.3) is 5.69 Å². The molecule has 2 rings (SSSR count). The van der Waals surface area contributed by atoms with Crippen molar-refractivity contribution in [2.45, 2.75) is 6.18 Å².